The first-order valence-electron chi connectivity index (χ1n) is 5.96. The molecule has 0 bridgehead atoms. The second kappa shape index (κ2) is 5.28. The molecule has 0 saturated carbocycles. The van der Waals surface area contributed by atoms with E-state index in [1.165, 1.54) is 0 Å². The summed E-state index contributed by atoms with van der Waals surface area (Å²) in [5.41, 5.74) is -1.90. The zero-order valence-corrected chi connectivity index (χ0v) is 11.4. The average molecular weight is 325 g/mol. The number of carbonyl (C=O) groups excluding carboxylic acids is 1. The standard InChI is InChI=1S/C12H11F4NO3S/c13-10-2-1-7(12(14,15)16)5-9(10)11(18)17-8-3-4-21(19,20)6-8/h1-2,5,8H,3-4,6H2,(H,17,18). The Morgan fingerprint density at radius 3 is 2.48 bits per heavy atom. The molecule has 1 heterocycles. The second-order valence-corrected chi connectivity index (χ2v) is 6.99. The zero-order valence-electron chi connectivity index (χ0n) is 10.6. The number of nitrogens with one attached hydrogen (secondary N) is 1. The van der Waals surface area contributed by atoms with Crippen molar-refractivity contribution in [2.24, 2.45) is 0 Å². The van der Waals surface area contributed by atoms with Gasteiger partial charge in [0.15, 0.2) is 9.84 Å². The van der Waals surface area contributed by atoms with Gasteiger partial charge in [-0.25, -0.2) is 12.8 Å². The minimum Gasteiger partial charge on any atom is -0.348 e. The average Bonchev–Trinajstić information content (AvgIpc) is 2.67. The molecule has 116 valence electrons. The van der Waals surface area contributed by atoms with E-state index < -0.39 is 44.9 Å². The van der Waals surface area contributed by atoms with Crippen molar-refractivity contribution in [2.75, 3.05) is 11.5 Å². The number of halogens is 4. The van der Waals surface area contributed by atoms with Gasteiger partial charge in [0, 0.05) is 6.04 Å². The smallest absolute Gasteiger partial charge is 0.348 e. The van der Waals surface area contributed by atoms with Gasteiger partial charge in [-0.3, -0.25) is 4.79 Å². The van der Waals surface area contributed by atoms with E-state index >= 15 is 0 Å². The quantitative estimate of drug-likeness (QED) is 0.843. The highest BCUT2D eigenvalue weighted by Crippen LogP contribution is 2.30. The lowest BCUT2D eigenvalue weighted by molar-refractivity contribution is -0.137. The van der Waals surface area contributed by atoms with E-state index in [4.69, 9.17) is 0 Å². The maximum absolute atomic E-state index is 13.5. The van der Waals surface area contributed by atoms with Gasteiger partial charge in [0.25, 0.3) is 5.91 Å². The van der Waals surface area contributed by atoms with Crippen LogP contribution in [0.2, 0.25) is 0 Å². The van der Waals surface area contributed by atoms with E-state index in [-0.39, 0.29) is 17.9 Å². The highest BCUT2D eigenvalue weighted by molar-refractivity contribution is 7.91. The third-order valence-corrected chi connectivity index (χ3v) is 4.87. The first-order valence-corrected chi connectivity index (χ1v) is 7.79. The van der Waals surface area contributed by atoms with Crippen molar-refractivity contribution >= 4 is 15.7 Å². The summed E-state index contributed by atoms with van der Waals surface area (Å²) in [6.07, 6.45) is -4.53. The number of amides is 1. The first-order chi connectivity index (χ1) is 9.58. The lowest BCUT2D eigenvalue weighted by Gasteiger charge is -2.13. The molecule has 0 aliphatic carbocycles. The van der Waals surface area contributed by atoms with Crippen LogP contribution in [-0.4, -0.2) is 31.9 Å². The minimum absolute atomic E-state index is 0.108. The van der Waals surface area contributed by atoms with Crippen LogP contribution in [-0.2, 0) is 16.0 Å². The molecule has 1 amide bonds. The Morgan fingerprint density at radius 2 is 1.95 bits per heavy atom. The van der Waals surface area contributed by atoms with Crippen molar-refractivity contribution in [3.05, 3.63) is 35.1 Å². The van der Waals surface area contributed by atoms with Crippen LogP contribution >= 0.6 is 0 Å². The van der Waals surface area contributed by atoms with E-state index in [1.54, 1.807) is 0 Å². The molecule has 1 aliphatic heterocycles. The Kier molecular flexibility index (Phi) is 3.96. The maximum atomic E-state index is 13.5. The highest BCUT2D eigenvalue weighted by atomic mass is 32.2. The number of alkyl halides is 3. The van der Waals surface area contributed by atoms with Crippen LogP contribution in [0, 0.1) is 5.82 Å². The number of rotatable bonds is 2. The fourth-order valence-electron chi connectivity index (χ4n) is 2.05. The molecular weight excluding hydrogens is 314 g/mol. The van der Waals surface area contributed by atoms with Gasteiger partial charge in [-0.05, 0) is 24.6 Å². The number of hydrogen-bond acceptors (Lipinski definition) is 3. The molecule has 1 aromatic rings. The summed E-state index contributed by atoms with van der Waals surface area (Å²) in [4.78, 5) is 11.8. The van der Waals surface area contributed by atoms with Crippen LogP contribution in [0.15, 0.2) is 18.2 Å². The van der Waals surface area contributed by atoms with Crippen LogP contribution in [0.4, 0.5) is 17.6 Å². The van der Waals surface area contributed by atoms with Crippen molar-refractivity contribution in [2.45, 2.75) is 18.6 Å². The molecule has 9 heteroatoms. The van der Waals surface area contributed by atoms with Crippen molar-refractivity contribution in [3.63, 3.8) is 0 Å². The monoisotopic (exact) mass is 325 g/mol. The predicted octanol–water partition coefficient (Wildman–Crippen LogP) is 1.76. The molecule has 1 unspecified atom stereocenters. The van der Waals surface area contributed by atoms with Gasteiger partial charge >= 0.3 is 6.18 Å². The van der Waals surface area contributed by atoms with Gasteiger partial charge < -0.3 is 5.32 Å². The zero-order chi connectivity index (χ0) is 15.8. The molecular formula is C12H11F4NO3S. The molecule has 0 radical (unpaired) electrons. The highest BCUT2D eigenvalue weighted by Gasteiger charge is 2.33. The van der Waals surface area contributed by atoms with Gasteiger partial charge in [-0.15, -0.1) is 0 Å². The van der Waals surface area contributed by atoms with Crippen LogP contribution in [0.25, 0.3) is 0 Å². The largest absolute Gasteiger partial charge is 0.416 e. The Hall–Kier alpha value is -1.64. The van der Waals surface area contributed by atoms with Crippen molar-refractivity contribution in [3.8, 4) is 0 Å². The van der Waals surface area contributed by atoms with E-state index in [2.05, 4.69) is 5.32 Å². The summed E-state index contributed by atoms with van der Waals surface area (Å²) >= 11 is 0. The van der Waals surface area contributed by atoms with Crippen LogP contribution in [0.3, 0.4) is 0 Å². The van der Waals surface area contributed by atoms with Crippen LogP contribution in [0.5, 0.6) is 0 Å². The maximum Gasteiger partial charge on any atom is 0.416 e. The third kappa shape index (κ3) is 3.72. The minimum atomic E-state index is -4.70. The van der Waals surface area contributed by atoms with Crippen molar-refractivity contribution in [1.29, 1.82) is 0 Å². The molecule has 1 aromatic carbocycles. The molecule has 1 fully saturated rings. The summed E-state index contributed by atoms with van der Waals surface area (Å²) in [6, 6.07) is 0.792. The van der Waals surface area contributed by atoms with E-state index in [1.807, 2.05) is 0 Å². The van der Waals surface area contributed by atoms with Crippen molar-refractivity contribution < 1.29 is 30.8 Å². The molecule has 4 nitrogen and oxygen atoms in total. The van der Waals surface area contributed by atoms with Gasteiger partial charge in [-0.2, -0.15) is 13.2 Å². The lowest BCUT2D eigenvalue weighted by Crippen LogP contribution is -2.36. The number of carbonyl (C=O) groups is 1. The third-order valence-electron chi connectivity index (χ3n) is 3.11. The predicted molar refractivity (Wildman–Crippen MR) is 65.9 cm³/mol. The lowest BCUT2D eigenvalue weighted by atomic mass is 10.1. The van der Waals surface area contributed by atoms with Crippen LogP contribution < -0.4 is 5.32 Å². The summed E-state index contributed by atoms with van der Waals surface area (Å²) < 4.78 is 73.6. The normalized spacial score (nSPS) is 21.2. The summed E-state index contributed by atoms with van der Waals surface area (Å²) in [7, 11) is -3.25. The Balaban J connectivity index is 2.19. The molecule has 0 spiro atoms. The van der Waals surface area contributed by atoms with E-state index in [9.17, 15) is 30.8 Å². The molecule has 0 aromatic heterocycles. The second-order valence-electron chi connectivity index (χ2n) is 4.77. The molecule has 1 N–H and O–H groups in total. The summed E-state index contributed by atoms with van der Waals surface area (Å²) in [5.74, 6) is -2.55. The van der Waals surface area contributed by atoms with Gasteiger partial charge in [0.2, 0.25) is 0 Å². The fourth-order valence-corrected chi connectivity index (χ4v) is 3.72. The molecule has 1 saturated heterocycles. The summed E-state index contributed by atoms with van der Waals surface area (Å²) in [5, 5.41) is 2.24. The van der Waals surface area contributed by atoms with Gasteiger partial charge in [0.1, 0.15) is 5.82 Å². The van der Waals surface area contributed by atoms with Crippen LogP contribution in [0.1, 0.15) is 22.3 Å². The topological polar surface area (TPSA) is 63.2 Å². The number of sulfone groups is 1. The van der Waals surface area contributed by atoms with Crippen molar-refractivity contribution in [1.82, 2.24) is 5.32 Å². The SMILES string of the molecule is O=C(NC1CCS(=O)(=O)C1)c1cc(C(F)(F)F)ccc1F. The fraction of sp³-hybridized carbons (Fsp3) is 0.417. The van der Waals surface area contributed by atoms with E-state index in [0.717, 1.165) is 0 Å². The molecule has 2 rings (SSSR count). The van der Waals surface area contributed by atoms with E-state index in [0.29, 0.717) is 18.2 Å². The molecule has 1 atom stereocenters. The summed E-state index contributed by atoms with van der Waals surface area (Å²) in [6.45, 7) is 0. The molecule has 1 aliphatic rings. The number of benzene rings is 1. The Labute approximate surface area is 118 Å². The Morgan fingerprint density at radius 1 is 1.29 bits per heavy atom. The molecule has 21 heavy (non-hydrogen) atoms. The van der Waals surface area contributed by atoms with Gasteiger partial charge in [-0.1, -0.05) is 0 Å². The first kappa shape index (κ1) is 15.7. The van der Waals surface area contributed by atoms with Gasteiger partial charge in [0.05, 0.1) is 22.6 Å². The Bertz CT molecular complexity index is 670. The number of hydrogen-bond donors (Lipinski definition) is 1.